The average molecular weight is 472 g/mol. The lowest BCUT2D eigenvalue weighted by atomic mass is 10.0. The molecular weight excluding hydrogens is 446 g/mol. The van der Waals surface area contributed by atoms with E-state index < -0.39 is 18.5 Å². The first-order valence-electron chi connectivity index (χ1n) is 11.3. The number of fused-ring (bicyclic) bond motifs is 1. The highest BCUT2D eigenvalue weighted by molar-refractivity contribution is 6.04. The lowest BCUT2D eigenvalue weighted by molar-refractivity contribution is -0.119. The molecule has 0 spiro atoms. The summed E-state index contributed by atoms with van der Waals surface area (Å²) < 4.78 is 5.16. The number of hydrogen-bond acceptors (Lipinski definition) is 5. The van der Waals surface area contributed by atoms with Gasteiger partial charge in [0.05, 0.1) is 22.9 Å². The number of amides is 3. The van der Waals surface area contributed by atoms with Gasteiger partial charge in [-0.25, -0.2) is 4.79 Å². The van der Waals surface area contributed by atoms with Gasteiger partial charge < -0.3 is 20.7 Å². The lowest BCUT2D eigenvalue weighted by Gasteiger charge is -2.17. The number of aryl methyl sites for hydroxylation is 1. The van der Waals surface area contributed by atoms with Gasteiger partial charge in [0.1, 0.15) is 0 Å². The molecule has 35 heavy (non-hydrogen) atoms. The molecule has 1 aliphatic rings. The number of carbonyl (C=O) groups excluding carboxylic acids is 4. The second kappa shape index (κ2) is 10.6. The minimum absolute atomic E-state index is 0.0621. The molecule has 0 bridgehead atoms. The Kier molecular flexibility index (Phi) is 7.21. The van der Waals surface area contributed by atoms with Gasteiger partial charge in [0.25, 0.3) is 11.8 Å². The van der Waals surface area contributed by atoms with Crippen LogP contribution in [0.5, 0.6) is 0 Å². The molecule has 1 heterocycles. The van der Waals surface area contributed by atoms with E-state index >= 15 is 0 Å². The molecular formula is C27H25N3O5. The summed E-state index contributed by atoms with van der Waals surface area (Å²) in [6.07, 6.45) is 0.884. The molecule has 0 saturated heterocycles. The van der Waals surface area contributed by atoms with Crippen molar-refractivity contribution in [3.8, 4) is 0 Å². The van der Waals surface area contributed by atoms with Gasteiger partial charge >= 0.3 is 5.97 Å². The third-order valence-electron chi connectivity index (χ3n) is 5.66. The third-order valence-corrected chi connectivity index (χ3v) is 5.66. The molecule has 3 amide bonds. The maximum Gasteiger partial charge on any atom is 0.338 e. The average Bonchev–Trinajstić information content (AvgIpc) is 2.87. The van der Waals surface area contributed by atoms with Crippen LogP contribution in [0.1, 0.15) is 51.2 Å². The van der Waals surface area contributed by atoms with Crippen molar-refractivity contribution in [2.75, 3.05) is 17.2 Å². The first-order chi connectivity index (χ1) is 16.9. The summed E-state index contributed by atoms with van der Waals surface area (Å²) in [5, 5.41) is 8.32. The van der Waals surface area contributed by atoms with Crippen LogP contribution < -0.4 is 16.0 Å². The van der Waals surface area contributed by atoms with Crippen LogP contribution in [0.4, 0.5) is 11.4 Å². The van der Waals surface area contributed by atoms with Crippen LogP contribution in [0.3, 0.4) is 0 Å². The molecule has 3 aromatic rings. The summed E-state index contributed by atoms with van der Waals surface area (Å²) in [7, 11) is 0. The van der Waals surface area contributed by atoms with Crippen molar-refractivity contribution < 1.29 is 23.9 Å². The summed E-state index contributed by atoms with van der Waals surface area (Å²) >= 11 is 0. The van der Waals surface area contributed by atoms with Crippen molar-refractivity contribution >= 4 is 35.1 Å². The van der Waals surface area contributed by atoms with Crippen molar-refractivity contribution in [1.29, 1.82) is 0 Å². The van der Waals surface area contributed by atoms with E-state index in [-0.39, 0.29) is 17.9 Å². The van der Waals surface area contributed by atoms with Crippen LogP contribution in [0.2, 0.25) is 0 Å². The molecule has 4 rings (SSSR count). The topological polar surface area (TPSA) is 114 Å². The molecule has 0 saturated carbocycles. The fourth-order valence-electron chi connectivity index (χ4n) is 3.80. The largest absolute Gasteiger partial charge is 0.452 e. The molecule has 0 fully saturated rings. The van der Waals surface area contributed by atoms with Crippen LogP contribution in [0, 0.1) is 0 Å². The van der Waals surface area contributed by atoms with Gasteiger partial charge in [0, 0.05) is 12.1 Å². The molecule has 8 nitrogen and oxygen atoms in total. The third kappa shape index (κ3) is 5.92. The van der Waals surface area contributed by atoms with Crippen LogP contribution in [-0.2, 0) is 20.7 Å². The first kappa shape index (κ1) is 23.7. The van der Waals surface area contributed by atoms with E-state index in [0.29, 0.717) is 35.3 Å². The Labute approximate surface area is 202 Å². The van der Waals surface area contributed by atoms with Gasteiger partial charge in [0.15, 0.2) is 6.61 Å². The zero-order valence-electron chi connectivity index (χ0n) is 19.2. The number of hydrogen-bond donors (Lipinski definition) is 3. The number of benzene rings is 3. The zero-order chi connectivity index (χ0) is 24.8. The van der Waals surface area contributed by atoms with E-state index in [9.17, 15) is 19.2 Å². The monoisotopic (exact) mass is 471 g/mol. The standard InChI is InChI=1S/C27H25N3O5/c1-17(18-7-3-2-4-8-18)28-26(33)21-9-5-6-10-23(21)30-25(32)16-35-27(34)20-11-13-22-19(15-20)12-14-24(31)29-22/h2-11,13,15,17H,12,14,16H2,1H3,(H,28,33)(H,29,31)(H,30,32). The first-order valence-corrected chi connectivity index (χ1v) is 11.3. The highest BCUT2D eigenvalue weighted by Gasteiger charge is 2.19. The molecule has 8 heteroatoms. The van der Waals surface area contributed by atoms with Gasteiger partial charge in [-0.3, -0.25) is 14.4 Å². The SMILES string of the molecule is CC(NC(=O)c1ccccc1NC(=O)COC(=O)c1ccc2c(c1)CCC(=O)N2)c1ccccc1. The van der Waals surface area contributed by atoms with Crippen molar-refractivity contribution in [1.82, 2.24) is 5.32 Å². The number of carbonyl (C=O) groups is 4. The molecule has 0 aliphatic carbocycles. The van der Waals surface area contributed by atoms with Crippen LogP contribution >= 0.6 is 0 Å². The molecule has 3 N–H and O–H groups in total. The predicted molar refractivity (Wildman–Crippen MR) is 131 cm³/mol. The minimum Gasteiger partial charge on any atom is -0.452 e. The minimum atomic E-state index is -0.650. The Hall–Kier alpha value is -4.46. The van der Waals surface area contributed by atoms with Crippen LogP contribution in [0.15, 0.2) is 72.8 Å². The second-order valence-electron chi connectivity index (χ2n) is 8.20. The molecule has 0 aromatic heterocycles. The van der Waals surface area contributed by atoms with Crippen molar-refractivity contribution in [2.45, 2.75) is 25.8 Å². The van der Waals surface area contributed by atoms with E-state index in [4.69, 9.17) is 4.74 Å². The fraction of sp³-hybridized carbons (Fsp3) is 0.185. The van der Waals surface area contributed by atoms with E-state index in [1.54, 1.807) is 36.4 Å². The molecule has 1 atom stereocenters. The van der Waals surface area contributed by atoms with Crippen molar-refractivity contribution in [2.24, 2.45) is 0 Å². The van der Waals surface area contributed by atoms with E-state index in [0.717, 1.165) is 11.1 Å². The Morgan fingerprint density at radius 1 is 0.971 bits per heavy atom. The number of anilines is 2. The van der Waals surface area contributed by atoms with Gasteiger partial charge in [0.2, 0.25) is 5.91 Å². The quantitative estimate of drug-likeness (QED) is 0.453. The highest BCUT2D eigenvalue weighted by Crippen LogP contribution is 2.24. The van der Waals surface area contributed by atoms with Gasteiger partial charge in [-0.2, -0.15) is 0 Å². The summed E-state index contributed by atoms with van der Waals surface area (Å²) in [5.74, 6) is -1.62. The summed E-state index contributed by atoms with van der Waals surface area (Å²) in [5.41, 5.74) is 3.38. The summed E-state index contributed by atoms with van der Waals surface area (Å²) in [4.78, 5) is 49.2. The predicted octanol–water partition coefficient (Wildman–Crippen LogP) is 3.86. The molecule has 178 valence electrons. The van der Waals surface area contributed by atoms with Crippen LogP contribution in [0.25, 0.3) is 0 Å². The zero-order valence-corrected chi connectivity index (χ0v) is 19.2. The molecule has 3 aromatic carbocycles. The number of para-hydroxylation sites is 1. The molecule has 0 radical (unpaired) electrons. The Morgan fingerprint density at radius 2 is 1.71 bits per heavy atom. The number of nitrogens with one attached hydrogen (secondary N) is 3. The smallest absolute Gasteiger partial charge is 0.338 e. The van der Waals surface area contributed by atoms with Gasteiger partial charge in [-0.15, -0.1) is 0 Å². The Morgan fingerprint density at radius 3 is 2.51 bits per heavy atom. The maximum atomic E-state index is 12.8. The normalized spacial score (nSPS) is 13.1. The maximum absolute atomic E-state index is 12.8. The number of esters is 1. The Bertz CT molecular complexity index is 1270. The van der Waals surface area contributed by atoms with Crippen molar-refractivity contribution in [3.63, 3.8) is 0 Å². The molecule has 1 unspecified atom stereocenters. The number of ether oxygens (including phenoxy) is 1. The van der Waals surface area contributed by atoms with Crippen LogP contribution in [-0.4, -0.2) is 30.3 Å². The fourth-order valence-corrected chi connectivity index (χ4v) is 3.80. The van der Waals surface area contributed by atoms with Crippen molar-refractivity contribution in [3.05, 3.63) is 95.1 Å². The molecule has 1 aliphatic heterocycles. The van der Waals surface area contributed by atoms with E-state index in [2.05, 4.69) is 16.0 Å². The summed E-state index contributed by atoms with van der Waals surface area (Å²) in [6.45, 7) is 1.37. The number of rotatable bonds is 7. The second-order valence-corrected chi connectivity index (χ2v) is 8.20. The van der Waals surface area contributed by atoms with E-state index in [1.165, 1.54) is 6.07 Å². The lowest BCUT2D eigenvalue weighted by Crippen LogP contribution is -2.28. The summed E-state index contributed by atoms with van der Waals surface area (Å²) in [6, 6.07) is 20.8. The Balaban J connectivity index is 1.35. The van der Waals surface area contributed by atoms with Gasteiger partial charge in [-0.05, 0) is 54.8 Å². The van der Waals surface area contributed by atoms with Gasteiger partial charge in [-0.1, -0.05) is 42.5 Å². The van der Waals surface area contributed by atoms with E-state index in [1.807, 2.05) is 37.3 Å². The highest BCUT2D eigenvalue weighted by atomic mass is 16.5.